The van der Waals surface area contributed by atoms with E-state index in [0.29, 0.717) is 24.0 Å². The SMILES string of the molecule is CCN1C(=O)N(C)c2cnc(Nc3ccc(OC)c(OC)c3)nc2N1C1CCCC1. The molecule has 2 amide bonds. The van der Waals surface area contributed by atoms with Crippen molar-refractivity contribution in [3.8, 4) is 11.5 Å². The summed E-state index contributed by atoms with van der Waals surface area (Å²) in [6.07, 6.45) is 6.14. The van der Waals surface area contributed by atoms with Gasteiger partial charge in [-0.15, -0.1) is 0 Å². The lowest BCUT2D eigenvalue weighted by Gasteiger charge is -2.45. The number of ether oxygens (including phenoxy) is 2. The minimum atomic E-state index is -0.0545. The summed E-state index contributed by atoms with van der Waals surface area (Å²) in [4.78, 5) is 23.8. The summed E-state index contributed by atoms with van der Waals surface area (Å²) in [5.41, 5.74) is 1.50. The van der Waals surface area contributed by atoms with Gasteiger partial charge in [0, 0.05) is 25.3 Å². The van der Waals surface area contributed by atoms with Crippen molar-refractivity contribution in [2.45, 2.75) is 38.6 Å². The summed E-state index contributed by atoms with van der Waals surface area (Å²) in [5.74, 6) is 2.49. The highest BCUT2D eigenvalue weighted by atomic mass is 16.5. The molecule has 2 aliphatic rings. The van der Waals surface area contributed by atoms with Gasteiger partial charge in [-0.25, -0.2) is 14.8 Å². The number of aromatic nitrogens is 2. The molecular weight excluding hydrogens is 384 g/mol. The van der Waals surface area contributed by atoms with Gasteiger partial charge < -0.3 is 14.8 Å². The zero-order valence-electron chi connectivity index (χ0n) is 17.9. The van der Waals surface area contributed by atoms with Crippen LogP contribution in [0.25, 0.3) is 0 Å². The van der Waals surface area contributed by atoms with Crippen molar-refractivity contribution in [2.24, 2.45) is 0 Å². The molecule has 0 unspecified atom stereocenters. The van der Waals surface area contributed by atoms with E-state index in [-0.39, 0.29) is 12.1 Å². The summed E-state index contributed by atoms with van der Waals surface area (Å²) < 4.78 is 10.7. The first kappa shape index (κ1) is 20.1. The van der Waals surface area contributed by atoms with Gasteiger partial charge in [0.2, 0.25) is 5.95 Å². The first-order valence-electron chi connectivity index (χ1n) is 10.3. The number of benzene rings is 1. The van der Waals surface area contributed by atoms with Gasteiger partial charge in [0.05, 0.1) is 26.5 Å². The van der Waals surface area contributed by atoms with Gasteiger partial charge in [-0.05, 0) is 31.9 Å². The number of hydrazine groups is 1. The Morgan fingerprint density at radius 3 is 2.57 bits per heavy atom. The molecule has 1 aliphatic carbocycles. The van der Waals surface area contributed by atoms with Crippen LogP contribution < -0.4 is 24.7 Å². The van der Waals surface area contributed by atoms with Gasteiger partial charge >= 0.3 is 6.03 Å². The fourth-order valence-electron chi connectivity index (χ4n) is 4.16. The fourth-order valence-corrected chi connectivity index (χ4v) is 4.16. The smallest absolute Gasteiger partial charge is 0.343 e. The highest BCUT2D eigenvalue weighted by Crippen LogP contribution is 2.39. The van der Waals surface area contributed by atoms with Gasteiger partial charge in [0.1, 0.15) is 5.69 Å². The van der Waals surface area contributed by atoms with E-state index in [9.17, 15) is 4.79 Å². The zero-order valence-corrected chi connectivity index (χ0v) is 17.9. The maximum atomic E-state index is 12.9. The number of amides is 2. The van der Waals surface area contributed by atoms with Gasteiger partial charge in [0.25, 0.3) is 0 Å². The van der Waals surface area contributed by atoms with Crippen LogP contribution in [0.5, 0.6) is 11.5 Å². The minimum absolute atomic E-state index is 0.0545. The van der Waals surface area contributed by atoms with Crippen LogP contribution in [0.1, 0.15) is 32.6 Å². The van der Waals surface area contributed by atoms with Crippen LogP contribution in [-0.2, 0) is 0 Å². The predicted molar refractivity (Wildman–Crippen MR) is 116 cm³/mol. The summed E-state index contributed by atoms with van der Waals surface area (Å²) >= 11 is 0. The molecule has 2 heterocycles. The summed E-state index contributed by atoms with van der Waals surface area (Å²) in [6.45, 7) is 2.57. The number of hydrogen-bond acceptors (Lipinski definition) is 7. The fraction of sp³-hybridized carbons (Fsp3) is 0.476. The quantitative estimate of drug-likeness (QED) is 0.773. The van der Waals surface area contributed by atoms with Crippen molar-refractivity contribution in [1.29, 1.82) is 0 Å². The number of fused-ring (bicyclic) bond motifs is 1. The van der Waals surface area contributed by atoms with E-state index in [1.807, 2.05) is 25.1 Å². The minimum Gasteiger partial charge on any atom is -0.493 e. The molecule has 1 saturated carbocycles. The largest absolute Gasteiger partial charge is 0.493 e. The van der Waals surface area contributed by atoms with Gasteiger partial charge in [0.15, 0.2) is 17.3 Å². The van der Waals surface area contributed by atoms with Gasteiger partial charge in [-0.2, -0.15) is 4.98 Å². The molecule has 1 N–H and O–H groups in total. The number of hydrogen-bond donors (Lipinski definition) is 1. The van der Waals surface area contributed by atoms with Crippen molar-refractivity contribution in [3.63, 3.8) is 0 Å². The Hall–Kier alpha value is -3.23. The summed E-state index contributed by atoms with van der Waals surface area (Å²) in [7, 11) is 4.97. The number of anilines is 4. The van der Waals surface area contributed by atoms with Crippen LogP contribution in [0.15, 0.2) is 24.4 Å². The molecule has 2 aromatic rings. The molecule has 4 rings (SSSR count). The molecular formula is C21H28N6O3. The van der Waals surface area contributed by atoms with Crippen molar-refractivity contribution >= 4 is 29.2 Å². The van der Waals surface area contributed by atoms with Crippen LogP contribution in [0.2, 0.25) is 0 Å². The molecule has 30 heavy (non-hydrogen) atoms. The summed E-state index contributed by atoms with van der Waals surface area (Å²) in [5, 5.41) is 7.10. The molecule has 1 aromatic carbocycles. The molecule has 0 saturated heterocycles. The van der Waals surface area contributed by atoms with Crippen molar-refractivity contribution < 1.29 is 14.3 Å². The second-order valence-corrected chi connectivity index (χ2v) is 7.44. The Bertz CT molecular complexity index is 931. The average Bonchev–Trinajstić information content (AvgIpc) is 3.30. The number of methoxy groups -OCH3 is 2. The zero-order chi connectivity index (χ0) is 21.3. The van der Waals surface area contributed by atoms with Gasteiger partial charge in [-0.1, -0.05) is 12.8 Å². The van der Waals surface area contributed by atoms with E-state index in [4.69, 9.17) is 14.5 Å². The predicted octanol–water partition coefficient (Wildman–Crippen LogP) is 3.79. The van der Waals surface area contributed by atoms with Crippen LogP contribution in [-0.4, -0.2) is 54.9 Å². The van der Waals surface area contributed by atoms with E-state index in [2.05, 4.69) is 15.3 Å². The lowest BCUT2D eigenvalue weighted by Crippen LogP contribution is -2.59. The van der Waals surface area contributed by atoms with E-state index < -0.39 is 0 Å². The van der Waals surface area contributed by atoms with Crippen LogP contribution >= 0.6 is 0 Å². The summed E-state index contributed by atoms with van der Waals surface area (Å²) in [6, 6.07) is 5.76. The first-order valence-corrected chi connectivity index (χ1v) is 10.3. The maximum absolute atomic E-state index is 12.9. The normalized spacial score (nSPS) is 16.7. The van der Waals surface area contributed by atoms with E-state index in [1.165, 1.54) is 12.8 Å². The van der Waals surface area contributed by atoms with Crippen LogP contribution in [0, 0.1) is 0 Å². The monoisotopic (exact) mass is 412 g/mol. The van der Waals surface area contributed by atoms with Crippen molar-refractivity contribution in [2.75, 3.05) is 43.0 Å². The lowest BCUT2D eigenvalue weighted by molar-refractivity contribution is 0.191. The molecule has 1 fully saturated rings. The number of nitrogens with one attached hydrogen (secondary N) is 1. The lowest BCUT2D eigenvalue weighted by atomic mass is 10.2. The molecule has 1 aromatic heterocycles. The standard InChI is InChI=1S/C21H28N6O3/c1-5-26-21(28)25(2)16-13-22-20(24-19(16)27(26)15-8-6-7-9-15)23-14-10-11-17(29-3)18(12-14)30-4/h10-13,15H,5-9H2,1-4H3,(H,22,23,24). The van der Waals surface area contributed by atoms with E-state index >= 15 is 0 Å². The maximum Gasteiger partial charge on any atom is 0.343 e. The topological polar surface area (TPSA) is 83.1 Å². The molecule has 0 bridgehead atoms. The number of nitrogens with zero attached hydrogens (tertiary/aromatic N) is 5. The molecule has 0 spiro atoms. The Morgan fingerprint density at radius 1 is 1.17 bits per heavy atom. The molecule has 160 valence electrons. The second kappa shape index (κ2) is 8.25. The molecule has 1 aliphatic heterocycles. The second-order valence-electron chi connectivity index (χ2n) is 7.44. The number of carbonyl (C=O) groups is 1. The number of rotatable bonds is 6. The Kier molecular flexibility index (Phi) is 5.52. The number of carbonyl (C=O) groups excluding carboxylic acids is 1. The Balaban J connectivity index is 1.70. The third-order valence-corrected chi connectivity index (χ3v) is 5.71. The first-order chi connectivity index (χ1) is 14.6. The molecule has 9 heteroatoms. The van der Waals surface area contributed by atoms with Crippen LogP contribution in [0.3, 0.4) is 0 Å². The van der Waals surface area contributed by atoms with E-state index in [1.54, 1.807) is 37.4 Å². The third kappa shape index (κ3) is 3.44. The average molecular weight is 412 g/mol. The van der Waals surface area contributed by atoms with Crippen molar-refractivity contribution in [1.82, 2.24) is 15.0 Å². The third-order valence-electron chi connectivity index (χ3n) is 5.71. The van der Waals surface area contributed by atoms with Crippen LogP contribution in [0.4, 0.5) is 27.9 Å². The molecule has 0 atom stereocenters. The van der Waals surface area contributed by atoms with Crippen molar-refractivity contribution in [3.05, 3.63) is 24.4 Å². The Labute approximate surface area is 176 Å². The van der Waals surface area contributed by atoms with E-state index in [0.717, 1.165) is 30.0 Å². The molecule has 9 nitrogen and oxygen atoms in total. The highest BCUT2D eigenvalue weighted by molar-refractivity contribution is 5.98. The highest BCUT2D eigenvalue weighted by Gasteiger charge is 2.39. The Morgan fingerprint density at radius 2 is 1.90 bits per heavy atom. The van der Waals surface area contributed by atoms with Gasteiger partial charge in [-0.3, -0.25) is 9.91 Å². The molecule has 0 radical (unpaired) electrons. The number of urea groups is 1.